The second-order valence-corrected chi connectivity index (χ2v) is 3.22. The van der Waals surface area contributed by atoms with E-state index in [1.54, 1.807) is 0 Å². The topological polar surface area (TPSA) is 20.5 Å². The zero-order chi connectivity index (χ0) is 9.97. The normalized spacial score (nSPS) is 10.7. The quantitative estimate of drug-likeness (QED) is 0.737. The van der Waals surface area contributed by atoms with Crippen molar-refractivity contribution in [2.24, 2.45) is 0 Å². The average molecular weight is 189 g/mol. The van der Waals surface area contributed by atoms with Crippen LogP contribution in [0.2, 0.25) is 0 Å². The summed E-state index contributed by atoms with van der Waals surface area (Å²) in [6, 6.07) is 4.18. The Balaban J connectivity index is 2.54. The number of nitrogens with zero attached hydrogens (tertiary/aromatic N) is 3. The van der Waals surface area contributed by atoms with E-state index in [-0.39, 0.29) is 0 Å². The summed E-state index contributed by atoms with van der Waals surface area (Å²) < 4.78 is 2.05. The Bertz CT molecular complexity index is 415. The molecule has 0 aliphatic heterocycles. The van der Waals surface area contributed by atoms with E-state index in [1.807, 2.05) is 23.0 Å². The van der Waals surface area contributed by atoms with Gasteiger partial charge in [-0.3, -0.25) is 0 Å². The number of aromatic nitrogens is 2. The lowest BCUT2D eigenvalue weighted by Gasteiger charge is -2.21. The number of rotatable bonds is 3. The number of fused-ring (bicyclic) bond motifs is 1. The van der Waals surface area contributed by atoms with Crippen LogP contribution < -0.4 is 4.90 Å². The lowest BCUT2D eigenvalue weighted by molar-refractivity contribution is 0.864. The molecule has 0 saturated carbocycles. The van der Waals surface area contributed by atoms with Crippen LogP contribution in [0.25, 0.3) is 5.65 Å². The van der Waals surface area contributed by atoms with Crippen molar-refractivity contribution in [3.05, 3.63) is 30.7 Å². The molecule has 0 N–H and O–H groups in total. The monoisotopic (exact) mass is 189 g/mol. The molecular weight excluding hydrogens is 174 g/mol. The van der Waals surface area contributed by atoms with Gasteiger partial charge in [0.25, 0.3) is 0 Å². The highest BCUT2D eigenvalue weighted by atomic mass is 15.1. The molecule has 2 aromatic heterocycles. The van der Waals surface area contributed by atoms with Gasteiger partial charge < -0.3 is 9.30 Å². The Morgan fingerprint density at radius 3 is 2.79 bits per heavy atom. The molecule has 2 aromatic rings. The van der Waals surface area contributed by atoms with Crippen molar-refractivity contribution in [2.75, 3.05) is 18.0 Å². The van der Waals surface area contributed by atoms with E-state index in [0.717, 1.165) is 18.7 Å². The number of imidazole rings is 1. The molecular formula is C11H15N3. The van der Waals surface area contributed by atoms with Gasteiger partial charge in [-0.2, -0.15) is 0 Å². The van der Waals surface area contributed by atoms with Crippen molar-refractivity contribution in [2.45, 2.75) is 13.8 Å². The van der Waals surface area contributed by atoms with Gasteiger partial charge in [0.1, 0.15) is 0 Å². The molecule has 0 saturated heterocycles. The standard InChI is InChI=1S/C11H15N3/c1-3-13(4-2)10-6-5-8-14-9-7-12-11(10)14/h5-9H,3-4H2,1-2H3. The third-order valence-corrected chi connectivity index (χ3v) is 2.50. The number of hydrogen-bond acceptors (Lipinski definition) is 2. The van der Waals surface area contributed by atoms with Gasteiger partial charge >= 0.3 is 0 Å². The van der Waals surface area contributed by atoms with Gasteiger partial charge in [0.2, 0.25) is 0 Å². The van der Waals surface area contributed by atoms with E-state index in [0.29, 0.717) is 0 Å². The van der Waals surface area contributed by atoms with Crippen LogP contribution in [0, 0.1) is 0 Å². The predicted octanol–water partition coefficient (Wildman–Crippen LogP) is 2.18. The van der Waals surface area contributed by atoms with Crippen LogP contribution in [0.1, 0.15) is 13.8 Å². The summed E-state index contributed by atoms with van der Waals surface area (Å²) in [6.07, 6.45) is 5.83. The molecule has 2 rings (SSSR count). The van der Waals surface area contributed by atoms with Gasteiger partial charge in [-0.25, -0.2) is 4.98 Å². The Morgan fingerprint density at radius 1 is 1.29 bits per heavy atom. The molecule has 0 amide bonds. The fourth-order valence-corrected chi connectivity index (χ4v) is 1.74. The summed E-state index contributed by atoms with van der Waals surface area (Å²) in [5.74, 6) is 0. The van der Waals surface area contributed by atoms with Crippen molar-refractivity contribution in [1.29, 1.82) is 0 Å². The minimum Gasteiger partial charge on any atom is -0.369 e. The molecule has 0 radical (unpaired) electrons. The Morgan fingerprint density at radius 2 is 2.07 bits per heavy atom. The van der Waals surface area contributed by atoms with E-state index < -0.39 is 0 Å². The minimum absolute atomic E-state index is 1.02. The zero-order valence-corrected chi connectivity index (χ0v) is 8.64. The maximum Gasteiger partial charge on any atom is 0.160 e. The van der Waals surface area contributed by atoms with Gasteiger partial charge in [0.05, 0.1) is 5.69 Å². The number of hydrogen-bond donors (Lipinski definition) is 0. The fraction of sp³-hybridized carbons (Fsp3) is 0.364. The first-order chi connectivity index (χ1) is 6.86. The first-order valence-corrected chi connectivity index (χ1v) is 5.03. The molecule has 0 aliphatic carbocycles. The molecule has 0 aromatic carbocycles. The van der Waals surface area contributed by atoms with E-state index in [2.05, 4.69) is 35.9 Å². The average Bonchev–Trinajstić information content (AvgIpc) is 2.68. The molecule has 14 heavy (non-hydrogen) atoms. The second-order valence-electron chi connectivity index (χ2n) is 3.22. The van der Waals surface area contributed by atoms with Crippen LogP contribution in [0.15, 0.2) is 30.7 Å². The van der Waals surface area contributed by atoms with Crippen molar-refractivity contribution in [1.82, 2.24) is 9.38 Å². The summed E-state index contributed by atoms with van der Waals surface area (Å²) in [6.45, 7) is 6.36. The molecule has 0 spiro atoms. The van der Waals surface area contributed by atoms with Crippen LogP contribution >= 0.6 is 0 Å². The largest absolute Gasteiger partial charge is 0.369 e. The van der Waals surface area contributed by atoms with E-state index in [4.69, 9.17) is 0 Å². The lowest BCUT2D eigenvalue weighted by Crippen LogP contribution is -2.22. The summed E-state index contributed by atoms with van der Waals surface area (Å²) >= 11 is 0. The van der Waals surface area contributed by atoms with Gasteiger partial charge in [-0.05, 0) is 26.0 Å². The third-order valence-electron chi connectivity index (χ3n) is 2.50. The zero-order valence-electron chi connectivity index (χ0n) is 8.64. The van der Waals surface area contributed by atoms with E-state index >= 15 is 0 Å². The van der Waals surface area contributed by atoms with E-state index in [1.165, 1.54) is 5.69 Å². The molecule has 0 aliphatic rings. The summed E-state index contributed by atoms with van der Waals surface area (Å²) in [7, 11) is 0. The fourth-order valence-electron chi connectivity index (χ4n) is 1.74. The maximum absolute atomic E-state index is 4.36. The van der Waals surface area contributed by atoms with E-state index in [9.17, 15) is 0 Å². The predicted molar refractivity (Wildman–Crippen MR) is 58.8 cm³/mol. The van der Waals surface area contributed by atoms with Gasteiger partial charge in [-0.1, -0.05) is 0 Å². The molecule has 0 fully saturated rings. The molecule has 3 heteroatoms. The van der Waals surface area contributed by atoms with Crippen LogP contribution in [-0.2, 0) is 0 Å². The van der Waals surface area contributed by atoms with Crippen molar-refractivity contribution in [3.63, 3.8) is 0 Å². The molecule has 0 atom stereocenters. The van der Waals surface area contributed by atoms with Crippen LogP contribution in [-0.4, -0.2) is 22.5 Å². The first-order valence-electron chi connectivity index (χ1n) is 5.03. The van der Waals surface area contributed by atoms with Crippen molar-refractivity contribution >= 4 is 11.3 Å². The third kappa shape index (κ3) is 1.35. The lowest BCUT2D eigenvalue weighted by atomic mass is 10.3. The van der Waals surface area contributed by atoms with Gasteiger partial charge in [-0.15, -0.1) is 0 Å². The maximum atomic E-state index is 4.36. The van der Waals surface area contributed by atoms with Gasteiger partial charge in [0.15, 0.2) is 5.65 Å². The first kappa shape index (κ1) is 9.06. The van der Waals surface area contributed by atoms with Crippen LogP contribution in [0.5, 0.6) is 0 Å². The molecule has 2 heterocycles. The van der Waals surface area contributed by atoms with Crippen LogP contribution in [0.4, 0.5) is 5.69 Å². The smallest absolute Gasteiger partial charge is 0.160 e. The summed E-state index contributed by atoms with van der Waals surface area (Å²) in [5.41, 5.74) is 2.25. The van der Waals surface area contributed by atoms with Crippen molar-refractivity contribution < 1.29 is 0 Å². The SMILES string of the molecule is CCN(CC)c1cccn2ccnc12. The highest BCUT2D eigenvalue weighted by Gasteiger charge is 2.06. The minimum atomic E-state index is 1.02. The Hall–Kier alpha value is -1.51. The van der Waals surface area contributed by atoms with Crippen molar-refractivity contribution in [3.8, 4) is 0 Å². The number of anilines is 1. The summed E-state index contributed by atoms with van der Waals surface area (Å²) in [4.78, 5) is 6.66. The molecule has 0 unspecified atom stereocenters. The van der Waals surface area contributed by atoms with Crippen LogP contribution in [0.3, 0.4) is 0 Å². The Labute approximate surface area is 84.0 Å². The van der Waals surface area contributed by atoms with Gasteiger partial charge in [0, 0.05) is 31.7 Å². The second kappa shape index (κ2) is 3.70. The Kier molecular flexibility index (Phi) is 2.39. The highest BCUT2D eigenvalue weighted by Crippen LogP contribution is 2.19. The summed E-state index contributed by atoms with van der Waals surface area (Å²) in [5, 5.41) is 0. The molecule has 74 valence electrons. The highest BCUT2D eigenvalue weighted by molar-refractivity contribution is 5.68. The molecule has 3 nitrogen and oxygen atoms in total. The number of pyridine rings is 1. The molecule has 0 bridgehead atoms.